The zero-order chi connectivity index (χ0) is 13.7. The Balaban J connectivity index is 1.67. The molecule has 104 valence electrons. The normalized spacial score (nSPS) is 29.3. The average Bonchev–Trinajstić information content (AvgIpc) is 2.85. The van der Waals surface area contributed by atoms with Gasteiger partial charge < -0.3 is 16.0 Å². The minimum Gasteiger partial charge on any atom is -0.369 e. The fraction of sp³-hybridized carbons (Fsp3) is 0.714. The Hall–Kier alpha value is -1.36. The summed E-state index contributed by atoms with van der Waals surface area (Å²) in [6.45, 7) is 9.46. The van der Waals surface area contributed by atoms with Gasteiger partial charge in [0.05, 0.1) is 0 Å². The van der Waals surface area contributed by atoms with Crippen molar-refractivity contribution in [2.75, 3.05) is 29.9 Å². The molecule has 1 saturated carbocycles. The smallest absolute Gasteiger partial charge is 0.134 e. The van der Waals surface area contributed by atoms with Crippen LogP contribution in [0.2, 0.25) is 0 Å². The Labute approximate surface area is 114 Å². The maximum atomic E-state index is 6.23. The second-order valence-electron chi connectivity index (χ2n) is 7.19. The van der Waals surface area contributed by atoms with Crippen molar-refractivity contribution in [2.24, 2.45) is 17.1 Å². The topological polar surface area (TPSA) is 67.1 Å². The van der Waals surface area contributed by atoms with E-state index in [1.807, 2.05) is 6.07 Å². The molecule has 0 amide bonds. The lowest BCUT2D eigenvalue weighted by Crippen LogP contribution is -2.33. The average molecular weight is 261 g/mol. The van der Waals surface area contributed by atoms with Crippen molar-refractivity contribution in [1.29, 1.82) is 0 Å². The van der Waals surface area contributed by atoms with Gasteiger partial charge in [0.1, 0.15) is 18.0 Å². The van der Waals surface area contributed by atoms with E-state index < -0.39 is 0 Å². The van der Waals surface area contributed by atoms with Crippen molar-refractivity contribution in [3.8, 4) is 0 Å². The van der Waals surface area contributed by atoms with E-state index in [9.17, 15) is 0 Å². The van der Waals surface area contributed by atoms with Crippen molar-refractivity contribution in [3.63, 3.8) is 0 Å². The van der Waals surface area contributed by atoms with Crippen LogP contribution in [0, 0.1) is 11.3 Å². The first-order valence-electron chi connectivity index (χ1n) is 6.96. The van der Waals surface area contributed by atoms with Gasteiger partial charge in [0, 0.05) is 31.2 Å². The van der Waals surface area contributed by atoms with Gasteiger partial charge in [-0.25, -0.2) is 9.97 Å². The van der Waals surface area contributed by atoms with E-state index in [4.69, 9.17) is 5.73 Å². The van der Waals surface area contributed by atoms with Gasteiger partial charge in [0.25, 0.3) is 0 Å². The highest BCUT2D eigenvalue weighted by atomic mass is 15.3. The lowest BCUT2D eigenvalue weighted by Gasteiger charge is -2.22. The van der Waals surface area contributed by atoms with Gasteiger partial charge in [-0.2, -0.15) is 0 Å². The summed E-state index contributed by atoms with van der Waals surface area (Å²) in [5.41, 5.74) is 6.53. The Morgan fingerprint density at radius 2 is 2.26 bits per heavy atom. The van der Waals surface area contributed by atoms with Crippen LogP contribution in [0.25, 0.3) is 0 Å². The van der Waals surface area contributed by atoms with E-state index >= 15 is 0 Å². The van der Waals surface area contributed by atoms with Crippen LogP contribution < -0.4 is 16.0 Å². The van der Waals surface area contributed by atoms with Crippen molar-refractivity contribution in [2.45, 2.75) is 32.7 Å². The minimum atomic E-state index is 0.0595. The molecule has 2 atom stereocenters. The highest BCUT2D eigenvalue weighted by Gasteiger charge is 2.57. The van der Waals surface area contributed by atoms with Gasteiger partial charge in [-0.1, -0.05) is 20.8 Å². The maximum absolute atomic E-state index is 6.23. The molecular formula is C14H23N5. The summed E-state index contributed by atoms with van der Waals surface area (Å²) in [7, 11) is 0. The summed E-state index contributed by atoms with van der Waals surface area (Å²) < 4.78 is 0. The lowest BCUT2D eigenvalue weighted by molar-refractivity contribution is 0.442. The maximum Gasteiger partial charge on any atom is 0.134 e. The summed E-state index contributed by atoms with van der Waals surface area (Å²) in [5.74, 6) is 2.54. The minimum absolute atomic E-state index is 0.0595. The fourth-order valence-corrected chi connectivity index (χ4v) is 2.67. The monoisotopic (exact) mass is 261 g/mol. The standard InChI is InChI=1S/C14H23N5/c1-13(2,3)7-16-11-4-12(18-9-17-11)19-6-10-5-14(10,15)8-19/h4,9-10H,5-8,15H2,1-3H3,(H,16,17,18)/t10-,14-/m1/s1. The van der Waals surface area contributed by atoms with Crippen LogP contribution in [0.1, 0.15) is 27.2 Å². The quantitative estimate of drug-likeness (QED) is 0.862. The molecule has 5 heteroatoms. The van der Waals surface area contributed by atoms with Gasteiger partial charge >= 0.3 is 0 Å². The van der Waals surface area contributed by atoms with E-state index in [0.717, 1.165) is 31.3 Å². The summed E-state index contributed by atoms with van der Waals surface area (Å²) in [4.78, 5) is 10.9. The second-order valence-corrected chi connectivity index (χ2v) is 7.19. The van der Waals surface area contributed by atoms with E-state index in [0.29, 0.717) is 5.92 Å². The molecule has 0 bridgehead atoms. The van der Waals surface area contributed by atoms with Gasteiger partial charge in [-0.05, 0) is 17.8 Å². The molecule has 5 nitrogen and oxygen atoms in total. The zero-order valence-corrected chi connectivity index (χ0v) is 12.0. The Morgan fingerprint density at radius 1 is 1.47 bits per heavy atom. The van der Waals surface area contributed by atoms with Crippen LogP contribution in [-0.4, -0.2) is 35.1 Å². The first-order valence-corrected chi connectivity index (χ1v) is 6.96. The number of piperidine rings is 1. The molecule has 1 aromatic rings. The number of nitrogens with one attached hydrogen (secondary N) is 1. The highest BCUT2D eigenvalue weighted by Crippen LogP contribution is 2.48. The molecule has 0 aromatic carbocycles. The number of anilines is 2. The van der Waals surface area contributed by atoms with Crippen LogP contribution in [0.5, 0.6) is 0 Å². The van der Waals surface area contributed by atoms with Gasteiger partial charge in [-0.15, -0.1) is 0 Å². The molecule has 19 heavy (non-hydrogen) atoms. The predicted molar refractivity (Wildman–Crippen MR) is 77.2 cm³/mol. The second kappa shape index (κ2) is 4.07. The molecule has 0 radical (unpaired) electrons. The zero-order valence-electron chi connectivity index (χ0n) is 12.0. The lowest BCUT2D eigenvalue weighted by atomic mass is 9.97. The number of hydrogen-bond donors (Lipinski definition) is 2. The third kappa shape index (κ3) is 2.66. The van der Waals surface area contributed by atoms with Gasteiger partial charge in [0.15, 0.2) is 0 Å². The Morgan fingerprint density at radius 3 is 2.89 bits per heavy atom. The van der Waals surface area contributed by atoms with E-state index in [1.54, 1.807) is 6.33 Å². The summed E-state index contributed by atoms with van der Waals surface area (Å²) in [6.07, 6.45) is 2.80. The van der Waals surface area contributed by atoms with Crippen LogP contribution >= 0.6 is 0 Å². The van der Waals surface area contributed by atoms with Crippen molar-refractivity contribution < 1.29 is 0 Å². The van der Waals surface area contributed by atoms with Crippen LogP contribution in [0.3, 0.4) is 0 Å². The largest absolute Gasteiger partial charge is 0.369 e. The highest BCUT2D eigenvalue weighted by molar-refractivity contribution is 5.51. The Bertz CT molecular complexity index is 481. The summed E-state index contributed by atoms with van der Waals surface area (Å²) in [5, 5.41) is 3.37. The van der Waals surface area contributed by atoms with E-state index in [1.165, 1.54) is 6.42 Å². The Kier molecular flexibility index (Phi) is 2.71. The van der Waals surface area contributed by atoms with Crippen LogP contribution in [0.15, 0.2) is 12.4 Å². The first kappa shape index (κ1) is 12.7. The fourth-order valence-electron chi connectivity index (χ4n) is 2.67. The number of nitrogens with two attached hydrogens (primary N) is 1. The predicted octanol–water partition coefficient (Wildman–Crippen LogP) is 1.47. The molecule has 3 rings (SSSR count). The third-order valence-electron chi connectivity index (χ3n) is 3.98. The number of aromatic nitrogens is 2. The van der Waals surface area contributed by atoms with Gasteiger partial charge in [0.2, 0.25) is 0 Å². The SMILES string of the molecule is CC(C)(C)CNc1cc(N2C[C@H]3C[C@@]3(N)C2)ncn1. The van der Waals surface area contributed by atoms with Crippen LogP contribution in [0.4, 0.5) is 11.6 Å². The molecule has 1 aliphatic carbocycles. The number of nitrogens with zero attached hydrogens (tertiary/aromatic N) is 3. The summed E-state index contributed by atoms with van der Waals surface area (Å²) >= 11 is 0. The van der Waals surface area contributed by atoms with Gasteiger partial charge in [-0.3, -0.25) is 0 Å². The molecule has 1 saturated heterocycles. The molecule has 2 aliphatic rings. The molecule has 1 aliphatic heterocycles. The molecule has 0 unspecified atom stereocenters. The van der Waals surface area contributed by atoms with Crippen LogP contribution in [-0.2, 0) is 0 Å². The molecule has 2 heterocycles. The van der Waals surface area contributed by atoms with E-state index in [2.05, 4.69) is 41.0 Å². The number of rotatable bonds is 3. The van der Waals surface area contributed by atoms with Crippen molar-refractivity contribution in [1.82, 2.24) is 9.97 Å². The molecule has 1 aromatic heterocycles. The molecular weight excluding hydrogens is 238 g/mol. The first-order chi connectivity index (χ1) is 8.86. The molecule has 0 spiro atoms. The number of fused-ring (bicyclic) bond motifs is 1. The third-order valence-corrected chi connectivity index (χ3v) is 3.98. The molecule has 2 fully saturated rings. The molecule has 3 N–H and O–H groups in total. The number of hydrogen-bond acceptors (Lipinski definition) is 5. The van der Waals surface area contributed by atoms with E-state index in [-0.39, 0.29) is 11.0 Å². The van der Waals surface area contributed by atoms with Crippen molar-refractivity contribution in [3.05, 3.63) is 12.4 Å². The summed E-state index contributed by atoms with van der Waals surface area (Å²) in [6, 6.07) is 2.03. The van der Waals surface area contributed by atoms with Crippen molar-refractivity contribution >= 4 is 11.6 Å².